The lowest BCUT2D eigenvalue weighted by molar-refractivity contribution is 0.0507. The molecule has 2 aliphatic heterocycles. The third-order valence-electron chi connectivity index (χ3n) is 5.82. The highest BCUT2D eigenvalue weighted by molar-refractivity contribution is 7.09. The van der Waals surface area contributed by atoms with Gasteiger partial charge >= 0.3 is 0 Å². The summed E-state index contributed by atoms with van der Waals surface area (Å²) in [6.45, 7) is 2.60. The summed E-state index contributed by atoms with van der Waals surface area (Å²) in [5.41, 5.74) is 1.61. The molecule has 0 spiro atoms. The van der Waals surface area contributed by atoms with Crippen molar-refractivity contribution in [3.05, 3.63) is 76.0 Å². The van der Waals surface area contributed by atoms with Crippen LogP contribution in [-0.4, -0.2) is 43.5 Å². The molecule has 1 amide bonds. The maximum absolute atomic E-state index is 13.5. The van der Waals surface area contributed by atoms with Crippen molar-refractivity contribution in [2.45, 2.75) is 31.9 Å². The Bertz CT molecular complexity index is 1080. The Hall–Kier alpha value is -3.03. The molecule has 2 aromatic carbocycles. The molecule has 1 aromatic heterocycles. The first-order valence-corrected chi connectivity index (χ1v) is 12.2. The van der Waals surface area contributed by atoms with Gasteiger partial charge in [0, 0.05) is 36.6 Å². The van der Waals surface area contributed by atoms with Gasteiger partial charge in [-0.25, -0.2) is 0 Å². The minimum Gasteiger partial charge on any atom is -0.493 e. The summed E-state index contributed by atoms with van der Waals surface area (Å²) in [5.74, 6) is 2.05. The Labute approximate surface area is 197 Å². The highest BCUT2D eigenvalue weighted by Crippen LogP contribution is 2.33. The minimum absolute atomic E-state index is 0.0483. The molecule has 3 heterocycles. The summed E-state index contributed by atoms with van der Waals surface area (Å²) >= 11 is 1.74. The number of ether oxygens (including phenoxy) is 4. The average Bonchev–Trinajstić information content (AvgIpc) is 3.61. The first-order chi connectivity index (χ1) is 16.2. The van der Waals surface area contributed by atoms with E-state index in [-0.39, 0.29) is 18.8 Å². The Morgan fingerprint density at radius 1 is 1.09 bits per heavy atom. The second-order valence-corrected chi connectivity index (χ2v) is 9.25. The van der Waals surface area contributed by atoms with E-state index in [4.69, 9.17) is 18.9 Å². The van der Waals surface area contributed by atoms with Gasteiger partial charge < -0.3 is 23.8 Å². The molecule has 7 heteroatoms. The number of carbonyl (C=O) groups excluding carboxylic acids is 1. The van der Waals surface area contributed by atoms with Gasteiger partial charge in [-0.05, 0) is 60.2 Å². The molecule has 5 rings (SSSR count). The van der Waals surface area contributed by atoms with Crippen LogP contribution in [0.15, 0.2) is 60.0 Å². The summed E-state index contributed by atoms with van der Waals surface area (Å²) in [6, 6.07) is 17.5. The molecule has 172 valence electrons. The number of hydrogen-bond acceptors (Lipinski definition) is 6. The zero-order valence-corrected chi connectivity index (χ0v) is 19.2. The summed E-state index contributed by atoms with van der Waals surface area (Å²) in [7, 11) is 0. The maximum Gasteiger partial charge on any atom is 0.254 e. The molecule has 1 unspecified atom stereocenters. The van der Waals surface area contributed by atoms with Crippen LogP contribution in [0.1, 0.15) is 33.6 Å². The molecule has 1 fully saturated rings. The predicted molar refractivity (Wildman–Crippen MR) is 126 cm³/mol. The Balaban J connectivity index is 1.29. The minimum atomic E-state index is -0.0483. The fraction of sp³-hybridized carbons (Fsp3) is 0.346. The lowest BCUT2D eigenvalue weighted by Gasteiger charge is -2.26. The van der Waals surface area contributed by atoms with Crippen molar-refractivity contribution in [3.8, 4) is 17.2 Å². The summed E-state index contributed by atoms with van der Waals surface area (Å²) < 4.78 is 22.7. The molecule has 0 radical (unpaired) electrons. The molecule has 0 aliphatic carbocycles. The number of fused-ring (bicyclic) bond motifs is 1. The Morgan fingerprint density at radius 2 is 2.03 bits per heavy atom. The van der Waals surface area contributed by atoms with Crippen LogP contribution >= 0.6 is 11.3 Å². The third-order valence-corrected chi connectivity index (χ3v) is 6.76. The molecule has 3 aromatic rings. The smallest absolute Gasteiger partial charge is 0.254 e. The van der Waals surface area contributed by atoms with Crippen LogP contribution in [0, 0.1) is 0 Å². The Morgan fingerprint density at radius 3 is 2.88 bits per heavy atom. The number of rotatable bonds is 9. The second-order valence-electron chi connectivity index (χ2n) is 8.21. The molecule has 0 saturated carbocycles. The van der Waals surface area contributed by atoms with Crippen LogP contribution in [0.5, 0.6) is 17.2 Å². The van der Waals surface area contributed by atoms with E-state index in [2.05, 4.69) is 17.5 Å². The zero-order chi connectivity index (χ0) is 22.5. The normalized spacial score (nSPS) is 16.7. The quantitative estimate of drug-likeness (QED) is 0.449. The number of hydrogen-bond donors (Lipinski definition) is 0. The molecule has 0 bridgehead atoms. The highest BCUT2D eigenvalue weighted by atomic mass is 32.1. The molecular weight excluding hydrogens is 438 g/mol. The molecule has 2 aliphatic rings. The van der Waals surface area contributed by atoms with E-state index in [0.29, 0.717) is 36.8 Å². The van der Waals surface area contributed by atoms with Crippen molar-refractivity contribution in [1.82, 2.24) is 4.90 Å². The van der Waals surface area contributed by atoms with E-state index in [1.165, 1.54) is 4.88 Å². The van der Waals surface area contributed by atoms with Crippen LogP contribution in [0.25, 0.3) is 0 Å². The van der Waals surface area contributed by atoms with Gasteiger partial charge in [-0.3, -0.25) is 4.79 Å². The molecular formula is C26H27NO5S. The van der Waals surface area contributed by atoms with E-state index in [0.717, 1.165) is 37.2 Å². The van der Waals surface area contributed by atoms with Crippen molar-refractivity contribution in [3.63, 3.8) is 0 Å². The highest BCUT2D eigenvalue weighted by Gasteiger charge is 2.25. The predicted octanol–water partition coefficient (Wildman–Crippen LogP) is 4.92. The fourth-order valence-electron chi connectivity index (χ4n) is 4.14. The number of thiophene rings is 1. The Kier molecular flexibility index (Phi) is 6.79. The van der Waals surface area contributed by atoms with Crippen LogP contribution < -0.4 is 14.2 Å². The fourth-order valence-corrected chi connectivity index (χ4v) is 4.83. The van der Waals surface area contributed by atoms with Crippen LogP contribution in [-0.2, 0) is 17.7 Å². The lowest BCUT2D eigenvalue weighted by Crippen LogP contribution is -2.37. The summed E-state index contributed by atoms with van der Waals surface area (Å²) in [6.07, 6.45) is 2.95. The van der Waals surface area contributed by atoms with Gasteiger partial charge in [-0.2, -0.15) is 0 Å². The number of benzene rings is 2. The largest absolute Gasteiger partial charge is 0.493 e. The molecule has 33 heavy (non-hydrogen) atoms. The van der Waals surface area contributed by atoms with E-state index < -0.39 is 0 Å². The van der Waals surface area contributed by atoms with E-state index in [1.807, 2.05) is 29.2 Å². The van der Waals surface area contributed by atoms with Gasteiger partial charge in [0.05, 0.1) is 12.7 Å². The van der Waals surface area contributed by atoms with Gasteiger partial charge in [0.1, 0.15) is 5.75 Å². The average molecular weight is 466 g/mol. The lowest BCUT2D eigenvalue weighted by atomic mass is 10.1. The zero-order valence-electron chi connectivity index (χ0n) is 18.4. The van der Waals surface area contributed by atoms with Gasteiger partial charge in [0.25, 0.3) is 5.91 Å². The third kappa shape index (κ3) is 5.49. The van der Waals surface area contributed by atoms with Crippen molar-refractivity contribution >= 4 is 17.2 Å². The number of carbonyl (C=O) groups is 1. The number of nitrogens with zero attached hydrogens (tertiary/aromatic N) is 1. The van der Waals surface area contributed by atoms with E-state index >= 15 is 0 Å². The molecule has 6 nitrogen and oxygen atoms in total. The van der Waals surface area contributed by atoms with Crippen LogP contribution in [0.3, 0.4) is 0 Å². The van der Waals surface area contributed by atoms with Gasteiger partial charge in [-0.1, -0.05) is 18.2 Å². The van der Waals surface area contributed by atoms with Gasteiger partial charge in [-0.15, -0.1) is 11.3 Å². The van der Waals surface area contributed by atoms with Gasteiger partial charge in [0.2, 0.25) is 6.79 Å². The molecule has 1 atom stereocenters. The van der Waals surface area contributed by atoms with Crippen molar-refractivity contribution in [2.75, 3.05) is 26.6 Å². The summed E-state index contributed by atoms with van der Waals surface area (Å²) in [5, 5.41) is 2.08. The maximum atomic E-state index is 13.5. The molecule has 0 N–H and O–H groups in total. The topological polar surface area (TPSA) is 57.2 Å². The van der Waals surface area contributed by atoms with Crippen molar-refractivity contribution < 1.29 is 23.7 Å². The van der Waals surface area contributed by atoms with Crippen molar-refractivity contribution in [2.24, 2.45) is 0 Å². The number of amides is 1. The second kappa shape index (κ2) is 10.3. The summed E-state index contributed by atoms with van der Waals surface area (Å²) in [4.78, 5) is 16.6. The molecule has 1 saturated heterocycles. The van der Waals surface area contributed by atoms with E-state index in [1.54, 1.807) is 29.5 Å². The van der Waals surface area contributed by atoms with Crippen LogP contribution in [0.4, 0.5) is 0 Å². The SMILES string of the molecule is O=C(c1ccc2c(c1)OCO2)N(Cc1cccc(OCCc2cccs2)c1)CC1CCCO1. The van der Waals surface area contributed by atoms with E-state index in [9.17, 15) is 4.79 Å². The van der Waals surface area contributed by atoms with Crippen LogP contribution in [0.2, 0.25) is 0 Å². The van der Waals surface area contributed by atoms with Crippen molar-refractivity contribution in [1.29, 1.82) is 0 Å². The first-order valence-electron chi connectivity index (χ1n) is 11.3. The monoisotopic (exact) mass is 465 g/mol. The van der Waals surface area contributed by atoms with Gasteiger partial charge in [0.15, 0.2) is 11.5 Å². The first kappa shape index (κ1) is 21.8. The standard InChI is InChI=1S/C26H27NO5S/c28-26(20-8-9-24-25(15-20)32-18-31-24)27(17-22-6-2-11-29-22)16-19-4-1-5-21(14-19)30-12-10-23-7-3-13-33-23/h1,3-5,7-9,13-15,22H,2,6,10-12,16-18H2.